The van der Waals surface area contributed by atoms with Crippen LogP contribution in [0.2, 0.25) is 0 Å². The van der Waals surface area contributed by atoms with E-state index in [-0.39, 0.29) is 38.5 Å². The van der Waals surface area contributed by atoms with Gasteiger partial charge in [0.1, 0.15) is 6.04 Å². The van der Waals surface area contributed by atoms with Crippen LogP contribution in [-0.4, -0.2) is 107 Å². The number of likely N-dealkylation sites (tertiary alicyclic amines) is 3. The molecule has 4 aliphatic rings. The molecule has 4 aliphatic heterocycles. The lowest BCUT2D eigenvalue weighted by Crippen LogP contribution is -2.54. The Morgan fingerprint density at radius 2 is 1.49 bits per heavy atom. The van der Waals surface area contributed by atoms with E-state index in [1.165, 1.54) is 6.07 Å². The van der Waals surface area contributed by atoms with Gasteiger partial charge in [-0.3, -0.25) is 14.6 Å². The molecule has 4 saturated heterocycles. The van der Waals surface area contributed by atoms with Crippen LogP contribution in [0, 0.1) is 0 Å². The highest BCUT2D eigenvalue weighted by atomic mass is 19.4. The van der Waals surface area contributed by atoms with Gasteiger partial charge >= 0.3 is 30.6 Å². The zero-order valence-corrected chi connectivity index (χ0v) is 25.4. The predicted molar refractivity (Wildman–Crippen MR) is 150 cm³/mol. The Hall–Kier alpha value is -2.95. The van der Waals surface area contributed by atoms with E-state index in [1.807, 2.05) is 9.80 Å². The van der Waals surface area contributed by atoms with Crippen LogP contribution >= 0.6 is 0 Å². The van der Waals surface area contributed by atoms with Crippen LogP contribution in [0.25, 0.3) is 0 Å². The molecule has 1 aromatic carbocycles. The third-order valence-corrected chi connectivity index (χ3v) is 10.1. The van der Waals surface area contributed by atoms with Gasteiger partial charge in [0.15, 0.2) is 0 Å². The summed E-state index contributed by atoms with van der Waals surface area (Å²) < 4.78 is 123. The standard InChI is InChI=1S/C30H37F9N4O4/c31-28(32,33)20-5-4-19(23(17-20)40-13-6-21(7-14-40)43-12-1-3-22(43)24(44)45)18-42-11-2-8-27(42)9-15-41(16-10-27)26(46)47-25(29(34,35)36)30(37,38)39/h4-5,17,21-22,25H,1-3,6-16,18H2,(H,44,45). The second-order valence-corrected chi connectivity index (χ2v) is 12.9. The van der Waals surface area contributed by atoms with Crippen molar-refractivity contribution >= 4 is 17.7 Å². The summed E-state index contributed by atoms with van der Waals surface area (Å²) in [6.07, 6.45) is -17.8. The van der Waals surface area contributed by atoms with Gasteiger partial charge in [0.05, 0.1) is 5.56 Å². The van der Waals surface area contributed by atoms with Crippen LogP contribution in [-0.2, 0) is 22.3 Å². The summed E-state index contributed by atoms with van der Waals surface area (Å²) in [7, 11) is 0. The van der Waals surface area contributed by atoms with Gasteiger partial charge in [-0.05, 0) is 82.2 Å². The molecule has 264 valence electrons. The SMILES string of the molecule is O=C(O)C1CCCN1C1CCN(c2cc(C(F)(F)F)ccc2CN2CCCC23CCN(C(=O)OC(C(F)(F)F)C(F)(F)F)CC3)CC1. The maximum atomic E-state index is 13.8. The highest BCUT2D eigenvalue weighted by molar-refractivity contribution is 5.74. The second-order valence-electron chi connectivity index (χ2n) is 12.9. The number of halogens is 9. The summed E-state index contributed by atoms with van der Waals surface area (Å²) in [5.41, 5.74) is -0.285. The van der Waals surface area contributed by atoms with Gasteiger partial charge in [0.25, 0.3) is 6.10 Å². The fourth-order valence-corrected chi connectivity index (χ4v) is 7.71. The van der Waals surface area contributed by atoms with E-state index in [1.54, 1.807) is 0 Å². The number of hydrogen-bond donors (Lipinski definition) is 1. The van der Waals surface area contributed by atoms with E-state index in [9.17, 15) is 54.2 Å². The van der Waals surface area contributed by atoms with Gasteiger partial charge in [0.2, 0.25) is 0 Å². The van der Waals surface area contributed by atoms with E-state index in [0.717, 1.165) is 29.9 Å². The van der Waals surface area contributed by atoms with E-state index >= 15 is 0 Å². The van der Waals surface area contributed by atoms with Gasteiger partial charge in [-0.25, -0.2) is 4.79 Å². The summed E-state index contributed by atoms with van der Waals surface area (Å²) in [5.74, 6) is -0.876. The monoisotopic (exact) mass is 688 g/mol. The summed E-state index contributed by atoms with van der Waals surface area (Å²) in [4.78, 5) is 30.8. The van der Waals surface area contributed by atoms with Crippen molar-refractivity contribution in [3.05, 3.63) is 29.3 Å². The number of aliphatic carboxylic acids is 1. The molecule has 0 radical (unpaired) electrons. The fourth-order valence-electron chi connectivity index (χ4n) is 7.71. The number of rotatable bonds is 6. The Balaban J connectivity index is 1.28. The number of hydrogen-bond acceptors (Lipinski definition) is 6. The van der Waals surface area contributed by atoms with Gasteiger partial charge in [-0.15, -0.1) is 0 Å². The van der Waals surface area contributed by atoms with E-state index in [0.29, 0.717) is 63.1 Å². The number of carboxylic acids is 1. The zero-order chi connectivity index (χ0) is 34.4. The quantitative estimate of drug-likeness (QED) is 0.353. The average Bonchev–Trinajstić information content (AvgIpc) is 3.63. The summed E-state index contributed by atoms with van der Waals surface area (Å²) >= 11 is 0. The number of benzene rings is 1. The van der Waals surface area contributed by atoms with Crippen LogP contribution in [0.15, 0.2) is 18.2 Å². The number of amides is 1. The average molecular weight is 689 g/mol. The molecule has 0 saturated carbocycles. The van der Waals surface area contributed by atoms with Crippen molar-refractivity contribution in [2.45, 2.75) is 100 Å². The summed E-state index contributed by atoms with van der Waals surface area (Å²) in [5, 5.41) is 9.59. The van der Waals surface area contributed by atoms with Crippen LogP contribution in [0.5, 0.6) is 0 Å². The number of carboxylic acid groups (broad SMARTS) is 1. The van der Waals surface area contributed by atoms with Gasteiger partial charge in [-0.2, -0.15) is 39.5 Å². The van der Waals surface area contributed by atoms with Crippen LogP contribution < -0.4 is 4.90 Å². The lowest BCUT2D eigenvalue weighted by molar-refractivity contribution is -0.308. The first-order valence-electron chi connectivity index (χ1n) is 15.7. The van der Waals surface area contributed by atoms with Crippen molar-refractivity contribution in [3.63, 3.8) is 0 Å². The number of ether oxygens (including phenoxy) is 1. The van der Waals surface area contributed by atoms with Gasteiger partial charge in [-0.1, -0.05) is 6.07 Å². The summed E-state index contributed by atoms with van der Waals surface area (Å²) in [6, 6.07) is 3.03. The van der Waals surface area contributed by atoms with Crippen molar-refractivity contribution in [3.8, 4) is 0 Å². The number of nitrogens with zero attached hydrogens (tertiary/aromatic N) is 4. The molecule has 1 N–H and O–H groups in total. The molecular formula is C30H37F9N4O4. The minimum atomic E-state index is -5.82. The highest BCUT2D eigenvalue weighted by Gasteiger charge is 2.60. The van der Waals surface area contributed by atoms with Crippen molar-refractivity contribution in [1.29, 1.82) is 0 Å². The van der Waals surface area contributed by atoms with Crippen molar-refractivity contribution in [1.82, 2.24) is 14.7 Å². The number of piperidine rings is 2. The van der Waals surface area contributed by atoms with Crippen LogP contribution in [0.3, 0.4) is 0 Å². The molecule has 0 aliphatic carbocycles. The molecular weight excluding hydrogens is 651 g/mol. The number of alkyl halides is 9. The predicted octanol–water partition coefficient (Wildman–Crippen LogP) is 6.28. The second kappa shape index (κ2) is 13.2. The maximum absolute atomic E-state index is 13.8. The smallest absolute Gasteiger partial charge is 0.434 e. The third-order valence-electron chi connectivity index (χ3n) is 10.1. The fraction of sp³-hybridized carbons (Fsp3) is 0.733. The molecule has 4 fully saturated rings. The van der Waals surface area contributed by atoms with Crippen LogP contribution in [0.1, 0.15) is 62.5 Å². The van der Waals surface area contributed by atoms with Gasteiger partial charge < -0.3 is 19.6 Å². The molecule has 4 heterocycles. The molecule has 1 atom stereocenters. The third kappa shape index (κ3) is 7.70. The molecule has 1 amide bonds. The normalized spacial score (nSPS) is 23.7. The minimum absolute atomic E-state index is 0.00497. The Morgan fingerprint density at radius 3 is 2.06 bits per heavy atom. The minimum Gasteiger partial charge on any atom is -0.480 e. The molecule has 0 bridgehead atoms. The highest BCUT2D eigenvalue weighted by Crippen LogP contribution is 2.43. The lowest BCUT2D eigenvalue weighted by atomic mass is 9.84. The Kier molecular flexibility index (Phi) is 9.90. The molecule has 1 aromatic rings. The van der Waals surface area contributed by atoms with Gasteiger partial charge in [0, 0.05) is 50.0 Å². The Morgan fingerprint density at radius 1 is 0.851 bits per heavy atom. The molecule has 0 aromatic heterocycles. The number of carbonyl (C=O) groups excluding carboxylic acids is 1. The molecule has 8 nitrogen and oxygen atoms in total. The maximum Gasteiger partial charge on any atom is 0.434 e. The first-order chi connectivity index (χ1) is 21.9. The first-order valence-corrected chi connectivity index (χ1v) is 15.7. The summed E-state index contributed by atoms with van der Waals surface area (Å²) in [6.45, 7) is 2.08. The lowest BCUT2D eigenvalue weighted by Gasteiger charge is -2.45. The van der Waals surface area contributed by atoms with E-state index in [4.69, 9.17) is 0 Å². The first kappa shape index (κ1) is 35.4. The van der Waals surface area contributed by atoms with Crippen molar-refractivity contribution in [2.24, 2.45) is 0 Å². The zero-order valence-electron chi connectivity index (χ0n) is 25.4. The molecule has 47 heavy (non-hydrogen) atoms. The largest absolute Gasteiger partial charge is 0.480 e. The van der Waals surface area contributed by atoms with E-state index < -0.39 is 53.8 Å². The number of carbonyl (C=O) groups is 2. The van der Waals surface area contributed by atoms with E-state index in [2.05, 4.69) is 9.64 Å². The molecule has 5 rings (SSSR count). The molecule has 1 spiro atoms. The topological polar surface area (TPSA) is 76.6 Å². The van der Waals surface area contributed by atoms with Crippen molar-refractivity contribution in [2.75, 3.05) is 44.2 Å². The Labute approximate surface area is 265 Å². The molecule has 1 unspecified atom stereocenters. The van der Waals surface area contributed by atoms with Crippen molar-refractivity contribution < 1.29 is 58.9 Å². The Bertz CT molecular complexity index is 1280. The van der Waals surface area contributed by atoms with Crippen LogP contribution in [0.4, 0.5) is 50.0 Å². The number of anilines is 1. The molecule has 17 heteroatoms.